The zero-order valence-electron chi connectivity index (χ0n) is 16.8. The summed E-state index contributed by atoms with van der Waals surface area (Å²) in [6.07, 6.45) is 2.17. The average molecular weight is 437 g/mol. The van der Waals surface area contributed by atoms with Crippen molar-refractivity contribution in [2.75, 3.05) is 12.4 Å². The fourth-order valence-electron chi connectivity index (χ4n) is 2.80. The molecule has 0 radical (unpaired) electrons. The van der Waals surface area contributed by atoms with Gasteiger partial charge in [0, 0.05) is 35.5 Å². The van der Waals surface area contributed by atoms with Gasteiger partial charge in [-0.2, -0.15) is 0 Å². The molecule has 1 aromatic carbocycles. The predicted molar refractivity (Wildman–Crippen MR) is 115 cm³/mol. The molecule has 0 saturated carbocycles. The Balaban J connectivity index is 1.32. The van der Waals surface area contributed by atoms with Crippen LogP contribution in [0.5, 0.6) is 0 Å². The summed E-state index contributed by atoms with van der Waals surface area (Å²) in [6, 6.07) is 9.42. The molecule has 1 amide bonds. The molecule has 4 rings (SSSR count). The lowest BCUT2D eigenvalue weighted by Gasteiger charge is -1.99. The van der Waals surface area contributed by atoms with Crippen molar-refractivity contribution in [1.29, 1.82) is 0 Å². The third-order valence-electron chi connectivity index (χ3n) is 4.47. The summed E-state index contributed by atoms with van der Waals surface area (Å²) < 4.78 is 10.3. The van der Waals surface area contributed by atoms with Gasteiger partial charge in [0.05, 0.1) is 12.8 Å². The van der Waals surface area contributed by atoms with E-state index in [9.17, 15) is 9.59 Å². The number of nitrogens with zero attached hydrogens (tertiary/aromatic N) is 3. The largest absolute Gasteiger partial charge is 0.464 e. The van der Waals surface area contributed by atoms with Crippen LogP contribution in [0.2, 0.25) is 0 Å². The zero-order valence-corrected chi connectivity index (χ0v) is 17.7. The lowest BCUT2D eigenvalue weighted by atomic mass is 10.1. The monoisotopic (exact) mass is 437 g/mol. The lowest BCUT2D eigenvalue weighted by molar-refractivity contribution is -0.116. The summed E-state index contributed by atoms with van der Waals surface area (Å²) in [7, 11) is 1.32. The minimum absolute atomic E-state index is 0.182. The Morgan fingerprint density at radius 1 is 1.19 bits per heavy atom. The molecule has 31 heavy (non-hydrogen) atoms. The highest BCUT2D eigenvalue weighted by atomic mass is 32.1. The van der Waals surface area contributed by atoms with E-state index in [1.165, 1.54) is 18.4 Å². The number of carbonyl (C=O) groups excluding carboxylic acids is 2. The second-order valence-electron chi connectivity index (χ2n) is 6.75. The van der Waals surface area contributed by atoms with Crippen molar-refractivity contribution in [3.05, 3.63) is 59.1 Å². The van der Waals surface area contributed by atoms with Crippen molar-refractivity contribution in [3.63, 3.8) is 0 Å². The molecule has 0 unspecified atom stereocenters. The zero-order chi connectivity index (χ0) is 21.8. The fraction of sp³-hybridized carbons (Fsp3) is 0.190. The molecular formula is C21H19N5O4S. The van der Waals surface area contributed by atoms with Crippen LogP contribution in [-0.2, 0) is 16.0 Å². The van der Waals surface area contributed by atoms with E-state index in [4.69, 9.17) is 4.42 Å². The van der Waals surface area contributed by atoms with Gasteiger partial charge in [0.15, 0.2) is 5.13 Å². The quantitative estimate of drug-likeness (QED) is 0.421. The van der Waals surface area contributed by atoms with E-state index in [0.717, 1.165) is 16.7 Å². The highest BCUT2D eigenvalue weighted by Gasteiger charge is 2.14. The number of hydrogen-bond acceptors (Lipinski definition) is 8. The first-order valence-corrected chi connectivity index (χ1v) is 10.3. The first kappa shape index (κ1) is 20.5. The normalized spacial score (nSPS) is 10.8. The van der Waals surface area contributed by atoms with Gasteiger partial charge in [0.1, 0.15) is 5.69 Å². The highest BCUT2D eigenvalue weighted by molar-refractivity contribution is 7.14. The van der Waals surface area contributed by atoms with Gasteiger partial charge in [-0.1, -0.05) is 17.7 Å². The van der Waals surface area contributed by atoms with Crippen LogP contribution in [-0.4, -0.2) is 39.2 Å². The standard InChI is InChI=1S/C21H19N5O4S/c1-12-3-5-13(6-4-12)19-26-25-18(30-19)8-7-17(27)24-21-23-16(11-31-21)14-9-15(22-10-14)20(28)29-2/h3-6,9-11,22H,7-8H2,1-2H3,(H,23,24,27). The number of ether oxygens (including phenoxy) is 1. The number of thiazole rings is 1. The summed E-state index contributed by atoms with van der Waals surface area (Å²) >= 11 is 1.30. The van der Waals surface area contributed by atoms with Crippen LogP contribution in [0.3, 0.4) is 0 Å². The summed E-state index contributed by atoms with van der Waals surface area (Å²) in [5.41, 5.74) is 3.69. The van der Waals surface area contributed by atoms with Gasteiger partial charge in [0.25, 0.3) is 0 Å². The first-order chi connectivity index (χ1) is 15.0. The number of carbonyl (C=O) groups is 2. The highest BCUT2D eigenvalue weighted by Crippen LogP contribution is 2.26. The number of aromatic amines is 1. The van der Waals surface area contributed by atoms with E-state index in [2.05, 4.69) is 30.2 Å². The topological polar surface area (TPSA) is 123 Å². The number of aryl methyl sites for hydroxylation is 2. The second kappa shape index (κ2) is 8.92. The van der Waals surface area contributed by atoms with Gasteiger partial charge in [0.2, 0.25) is 17.7 Å². The number of amides is 1. The van der Waals surface area contributed by atoms with Crippen LogP contribution in [0.15, 0.2) is 46.3 Å². The molecule has 4 aromatic rings. The van der Waals surface area contributed by atoms with Crippen molar-refractivity contribution in [3.8, 4) is 22.7 Å². The van der Waals surface area contributed by atoms with E-state index in [1.807, 2.05) is 31.2 Å². The summed E-state index contributed by atoms with van der Waals surface area (Å²) in [6.45, 7) is 2.00. The van der Waals surface area contributed by atoms with Gasteiger partial charge >= 0.3 is 5.97 Å². The van der Waals surface area contributed by atoms with Gasteiger partial charge in [-0.15, -0.1) is 21.5 Å². The van der Waals surface area contributed by atoms with Crippen molar-refractivity contribution in [2.45, 2.75) is 19.8 Å². The molecule has 2 N–H and O–H groups in total. The SMILES string of the molecule is COC(=O)c1cc(-c2csc(NC(=O)CCc3nnc(-c4ccc(C)cc4)o3)n2)c[nH]1. The molecule has 0 aliphatic rings. The summed E-state index contributed by atoms with van der Waals surface area (Å²) in [4.78, 5) is 31.1. The van der Waals surface area contributed by atoms with Crippen LogP contribution in [0.1, 0.15) is 28.4 Å². The number of esters is 1. The number of methoxy groups -OCH3 is 1. The van der Waals surface area contributed by atoms with Crippen molar-refractivity contribution >= 4 is 28.3 Å². The van der Waals surface area contributed by atoms with E-state index in [-0.39, 0.29) is 12.3 Å². The van der Waals surface area contributed by atoms with Crippen LogP contribution in [0.4, 0.5) is 5.13 Å². The van der Waals surface area contributed by atoms with Crippen molar-refractivity contribution in [1.82, 2.24) is 20.2 Å². The second-order valence-corrected chi connectivity index (χ2v) is 7.60. The van der Waals surface area contributed by atoms with Crippen LogP contribution in [0.25, 0.3) is 22.7 Å². The number of hydrogen-bond donors (Lipinski definition) is 2. The Labute approximate surface area is 181 Å². The van der Waals surface area contributed by atoms with Gasteiger partial charge < -0.3 is 19.5 Å². The maximum Gasteiger partial charge on any atom is 0.354 e. The molecule has 0 fully saturated rings. The van der Waals surface area contributed by atoms with E-state index >= 15 is 0 Å². The molecule has 10 heteroatoms. The van der Waals surface area contributed by atoms with Gasteiger partial charge in [-0.05, 0) is 25.1 Å². The number of anilines is 1. The third-order valence-corrected chi connectivity index (χ3v) is 5.22. The van der Waals surface area contributed by atoms with Gasteiger partial charge in [-0.25, -0.2) is 9.78 Å². The molecule has 9 nitrogen and oxygen atoms in total. The first-order valence-electron chi connectivity index (χ1n) is 9.43. The Hall–Kier alpha value is -3.79. The molecule has 3 heterocycles. The molecule has 0 atom stereocenters. The average Bonchev–Trinajstić information content (AvgIpc) is 3.52. The molecule has 0 spiro atoms. The number of nitrogens with one attached hydrogen (secondary N) is 2. The Morgan fingerprint density at radius 2 is 2.00 bits per heavy atom. The molecule has 0 aliphatic heterocycles. The third kappa shape index (κ3) is 4.86. The molecule has 0 aliphatic carbocycles. The molecule has 158 valence electrons. The number of aromatic nitrogens is 4. The van der Waals surface area contributed by atoms with Gasteiger partial charge in [-0.3, -0.25) is 4.79 Å². The minimum atomic E-state index is -0.457. The smallest absolute Gasteiger partial charge is 0.354 e. The molecule has 0 bridgehead atoms. The Bertz CT molecular complexity index is 1210. The van der Waals surface area contributed by atoms with Crippen LogP contribution in [0, 0.1) is 6.92 Å². The maximum absolute atomic E-state index is 12.3. The van der Waals surface area contributed by atoms with E-state index < -0.39 is 5.97 Å². The minimum Gasteiger partial charge on any atom is -0.464 e. The number of benzene rings is 1. The summed E-state index contributed by atoms with van der Waals surface area (Å²) in [5.74, 6) is 0.160. The molecule has 3 aromatic heterocycles. The lowest BCUT2D eigenvalue weighted by Crippen LogP contribution is -2.12. The van der Waals surface area contributed by atoms with E-state index in [1.54, 1.807) is 17.6 Å². The molecule has 0 saturated heterocycles. The maximum atomic E-state index is 12.3. The Morgan fingerprint density at radius 3 is 2.77 bits per heavy atom. The molecular weight excluding hydrogens is 418 g/mol. The van der Waals surface area contributed by atoms with Crippen LogP contribution < -0.4 is 5.32 Å². The van der Waals surface area contributed by atoms with Crippen molar-refractivity contribution in [2.24, 2.45) is 0 Å². The van der Waals surface area contributed by atoms with Crippen LogP contribution >= 0.6 is 11.3 Å². The fourth-order valence-corrected chi connectivity index (χ4v) is 3.54. The van der Waals surface area contributed by atoms with E-state index in [0.29, 0.717) is 34.7 Å². The van der Waals surface area contributed by atoms with Crippen molar-refractivity contribution < 1.29 is 18.7 Å². The Kier molecular flexibility index (Phi) is 5.89. The number of H-pyrrole nitrogens is 1. The summed E-state index contributed by atoms with van der Waals surface area (Å²) in [5, 5.41) is 13.1. The number of rotatable bonds is 7. The predicted octanol–water partition coefficient (Wildman–Crippen LogP) is 3.85.